The van der Waals surface area contributed by atoms with Crippen LogP contribution >= 0.6 is 0 Å². The number of nitrogens with one attached hydrogen (secondary N) is 1. The molecule has 1 aliphatic carbocycles. The molecule has 1 amide bonds. The van der Waals surface area contributed by atoms with Crippen LogP contribution in [0.4, 0.5) is 39.5 Å². The topological polar surface area (TPSA) is 79.8 Å². The maximum absolute atomic E-state index is 13.3. The molecule has 0 spiro atoms. The average Bonchev–Trinajstić information content (AvgIpc) is 3.12. The Labute approximate surface area is 185 Å². The number of nitrogens with zero attached hydrogens (tertiary/aromatic N) is 2. The van der Waals surface area contributed by atoms with Gasteiger partial charge in [-0.25, -0.2) is 4.99 Å². The molecular weight excluding hydrogens is 483 g/mol. The van der Waals surface area contributed by atoms with Gasteiger partial charge in [-0.05, 0) is 30.2 Å². The van der Waals surface area contributed by atoms with Crippen LogP contribution in [0.1, 0.15) is 11.1 Å². The van der Waals surface area contributed by atoms with Crippen molar-refractivity contribution in [2.45, 2.75) is 37.0 Å². The number of carbonyl (C=O) groups excluding carboxylic acids is 1. The van der Waals surface area contributed by atoms with Crippen LogP contribution in [-0.2, 0) is 17.4 Å². The normalized spacial score (nSPS) is 19.5. The van der Waals surface area contributed by atoms with Gasteiger partial charge in [0.05, 0.1) is 35.0 Å². The zero-order valence-electron chi connectivity index (χ0n) is 16.8. The van der Waals surface area contributed by atoms with Crippen molar-refractivity contribution in [1.29, 1.82) is 0 Å². The van der Waals surface area contributed by atoms with Gasteiger partial charge in [-0.1, -0.05) is 18.2 Å². The highest BCUT2D eigenvalue weighted by Gasteiger charge is 2.47. The molecular formula is C20H15F9N4O. The van der Waals surface area contributed by atoms with E-state index in [2.05, 4.69) is 15.3 Å². The summed E-state index contributed by atoms with van der Waals surface area (Å²) < 4.78 is 117. The molecule has 2 aliphatic rings. The van der Waals surface area contributed by atoms with E-state index in [0.29, 0.717) is 6.08 Å². The lowest BCUT2D eigenvalue weighted by atomic mass is 9.93. The molecule has 0 radical (unpaired) electrons. The van der Waals surface area contributed by atoms with E-state index in [-0.39, 0.29) is 23.9 Å². The minimum atomic E-state index is -5.11. The van der Waals surface area contributed by atoms with Gasteiger partial charge in [0.25, 0.3) is 0 Å². The number of benzene rings is 1. The molecule has 184 valence electrons. The van der Waals surface area contributed by atoms with Crippen molar-refractivity contribution in [2.75, 3.05) is 6.54 Å². The summed E-state index contributed by atoms with van der Waals surface area (Å²) in [6.45, 7) is -0.546. The number of nitrogens with two attached hydrogens (primary N) is 1. The number of hydrogen-bond donors (Lipinski definition) is 2. The molecule has 1 aromatic rings. The zero-order valence-corrected chi connectivity index (χ0v) is 16.8. The van der Waals surface area contributed by atoms with Crippen molar-refractivity contribution in [3.05, 3.63) is 58.7 Å². The molecule has 34 heavy (non-hydrogen) atoms. The van der Waals surface area contributed by atoms with E-state index in [1.807, 2.05) is 0 Å². The van der Waals surface area contributed by atoms with Crippen LogP contribution in [-0.4, -0.2) is 48.4 Å². The molecule has 0 fully saturated rings. The first-order valence-corrected chi connectivity index (χ1v) is 9.48. The van der Waals surface area contributed by atoms with Crippen LogP contribution in [0.15, 0.2) is 57.5 Å². The lowest BCUT2D eigenvalue weighted by Gasteiger charge is -2.22. The smallest absolute Gasteiger partial charge is 0.347 e. The van der Waals surface area contributed by atoms with Gasteiger partial charge < -0.3 is 11.1 Å². The lowest BCUT2D eigenvalue weighted by molar-refractivity contribution is -0.137. The molecule has 1 aliphatic heterocycles. The number of rotatable bonds is 5. The molecule has 1 aromatic carbocycles. The Bertz CT molecular complexity index is 1090. The van der Waals surface area contributed by atoms with E-state index in [4.69, 9.17) is 5.73 Å². The highest BCUT2D eigenvalue weighted by molar-refractivity contribution is 6.15. The lowest BCUT2D eigenvalue weighted by Crippen LogP contribution is -2.43. The van der Waals surface area contributed by atoms with Crippen molar-refractivity contribution in [3.63, 3.8) is 0 Å². The molecule has 5 nitrogen and oxygen atoms in total. The van der Waals surface area contributed by atoms with Crippen LogP contribution in [0.25, 0.3) is 0 Å². The summed E-state index contributed by atoms with van der Waals surface area (Å²) in [6, 6.07) is 1.01. The van der Waals surface area contributed by atoms with Crippen LogP contribution in [0.5, 0.6) is 0 Å². The van der Waals surface area contributed by atoms with Gasteiger partial charge in [-0.3, -0.25) is 9.79 Å². The summed E-state index contributed by atoms with van der Waals surface area (Å²) in [5.41, 5.74) is 1.20. The number of aliphatic imine (C=N–C) groups is 2. The number of carbonyl (C=O) groups is 1. The second-order valence-electron chi connectivity index (χ2n) is 7.41. The van der Waals surface area contributed by atoms with Crippen LogP contribution in [0, 0.1) is 0 Å². The zero-order chi connectivity index (χ0) is 25.5. The summed E-state index contributed by atoms with van der Waals surface area (Å²) in [5, 5.41) is 2.23. The highest BCUT2D eigenvalue weighted by Crippen LogP contribution is 2.39. The minimum absolute atomic E-state index is 0.0420. The molecule has 0 bridgehead atoms. The van der Waals surface area contributed by atoms with Crippen molar-refractivity contribution in [2.24, 2.45) is 15.7 Å². The van der Waals surface area contributed by atoms with Crippen LogP contribution in [0.2, 0.25) is 0 Å². The van der Waals surface area contributed by atoms with Gasteiger partial charge in [0.1, 0.15) is 11.9 Å². The molecule has 0 saturated heterocycles. The van der Waals surface area contributed by atoms with Gasteiger partial charge in [0, 0.05) is 0 Å². The first-order chi connectivity index (χ1) is 15.6. The Morgan fingerprint density at radius 1 is 1.00 bits per heavy atom. The Kier molecular flexibility index (Phi) is 6.66. The second kappa shape index (κ2) is 8.89. The van der Waals surface area contributed by atoms with E-state index in [9.17, 15) is 44.3 Å². The molecule has 1 heterocycles. The fraction of sp³-hybridized carbons (Fsp3) is 0.350. The van der Waals surface area contributed by atoms with Crippen molar-refractivity contribution >= 4 is 17.5 Å². The molecule has 3 rings (SSSR count). The summed E-state index contributed by atoms with van der Waals surface area (Å²) in [7, 11) is 0. The highest BCUT2D eigenvalue weighted by atomic mass is 19.4. The van der Waals surface area contributed by atoms with E-state index in [1.165, 1.54) is 6.07 Å². The first kappa shape index (κ1) is 25.5. The fourth-order valence-electron chi connectivity index (χ4n) is 3.25. The molecule has 14 heteroatoms. The third kappa shape index (κ3) is 5.85. The second-order valence-corrected chi connectivity index (χ2v) is 7.41. The maximum Gasteiger partial charge on any atom is 0.416 e. The van der Waals surface area contributed by atoms with Crippen molar-refractivity contribution in [1.82, 2.24) is 5.32 Å². The molecule has 2 atom stereocenters. The minimum Gasteiger partial charge on any atom is -0.347 e. The van der Waals surface area contributed by atoms with Crippen LogP contribution < -0.4 is 11.1 Å². The standard InChI is InChI=1S/C20H15F9N4O/c21-18(22,23)10-3-1-2-9(4-10)5-13(30)17(34)31-8-15-32-14-7-11(19(24,25)26)6-12(16(14)33-15)20(27,28)29/h1-4,6-7,13,16H,5,8,30H2,(H,31,34)/t13-,16?/m1/s1. The Morgan fingerprint density at radius 3 is 2.26 bits per heavy atom. The number of allylic oxidation sites excluding steroid dienone is 2. The molecule has 1 unspecified atom stereocenters. The van der Waals surface area contributed by atoms with Gasteiger partial charge >= 0.3 is 18.5 Å². The van der Waals surface area contributed by atoms with Crippen molar-refractivity contribution in [3.8, 4) is 0 Å². The largest absolute Gasteiger partial charge is 0.416 e. The maximum atomic E-state index is 13.3. The van der Waals surface area contributed by atoms with Gasteiger partial charge in [0.2, 0.25) is 5.91 Å². The molecule has 3 N–H and O–H groups in total. The van der Waals surface area contributed by atoms with E-state index >= 15 is 0 Å². The van der Waals surface area contributed by atoms with E-state index in [0.717, 1.165) is 18.2 Å². The average molecular weight is 498 g/mol. The summed E-state index contributed by atoms with van der Waals surface area (Å²) in [4.78, 5) is 19.5. The SMILES string of the molecule is N[C@H](Cc1cccc(C(F)(F)F)c1)C(=O)NCC1=NC2C(C(F)(F)F)=CC(C(F)(F)F)=CC2=N1. The molecule has 0 aromatic heterocycles. The van der Waals surface area contributed by atoms with Gasteiger partial charge in [-0.2, -0.15) is 39.5 Å². The Morgan fingerprint density at radius 2 is 1.68 bits per heavy atom. The summed E-state index contributed by atoms with van der Waals surface area (Å²) in [6.07, 6.45) is -14.6. The third-order valence-electron chi connectivity index (χ3n) is 4.85. The number of amides is 1. The number of alkyl halides is 9. The van der Waals surface area contributed by atoms with Gasteiger partial charge in [-0.15, -0.1) is 0 Å². The number of halogens is 9. The fourth-order valence-corrected chi connectivity index (χ4v) is 3.25. The Hall–Kier alpha value is -3.16. The number of hydrogen-bond acceptors (Lipinski definition) is 4. The van der Waals surface area contributed by atoms with Crippen molar-refractivity contribution < 1.29 is 44.3 Å². The number of amidine groups is 1. The number of fused-ring (bicyclic) bond motifs is 1. The van der Waals surface area contributed by atoms with Crippen LogP contribution in [0.3, 0.4) is 0 Å². The van der Waals surface area contributed by atoms with E-state index in [1.54, 1.807) is 0 Å². The van der Waals surface area contributed by atoms with E-state index < -0.39 is 65.5 Å². The summed E-state index contributed by atoms with van der Waals surface area (Å²) in [5.74, 6) is -1.23. The predicted molar refractivity (Wildman–Crippen MR) is 103 cm³/mol. The quantitative estimate of drug-likeness (QED) is 0.604. The molecule has 0 saturated carbocycles. The summed E-state index contributed by atoms with van der Waals surface area (Å²) >= 11 is 0. The monoisotopic (exact) mass is 498 g/mol. The third-order valence-corrected chi connectivity index (χ3v) is 4.85. The predicted octanol–water partition coefficient (Wildman–Crippen LogP) is 3.90. The Balaban J connectivity index is 1.68. The van der Waals surface area contributed by atoms with Gasteiger partial charge in [0.15, 0.2) is 0 Å². The first-order valence-electron chi connectivity index (χ1n) is 9.48.